The molecular formula is C9H5FO2S. The van der Waals surface area contributed by atoms with Crippen LogP contribution in [0, 0.1) is 5.13 Å². The van der Waals surface area contributed by atoms with Crippen LogP contribution in [0.4, 0.5) is 4.39 Å². The molecule has 4 heteroatoms. The summed E-state index contributed by atoms with van der Waals surface area (Å²) in [6, 6.07) is 4.41. The number of carbonyl (C=O) groups excluding carboxylic acids is 1. The van der Waals surface area contributed by atoms with Crippen molar-refractivity contribution in [1.29, 1.82) is 0 Å². The second kappa shape index (κ2) is 2.81. The summed E-state index contributed by atoms with van der Waals surface area (Å²) in [4.78, 5) is 10.4. The minimum absolute atomic E-state index is 0.138. The molecule has 1 aromatic heterocycles. The van der Waals surface area contributed by atoms with Crippen LogP contribution in [0.2, 0.25) is 0 Å². The van der Waals surface area contributed by atoms with E-state index in [4.69, 9.17) is 0 Å². The lowest BCUT2D eigenvalue weighted by Crippen LogP contribution is -1.79. The van der Waals surface area contributed by atoms with Crippen LogP contribution in [0.5, 0.6) is 5.75 Å². The Morgan fingerprint density at radius 2 is 2.23 bits per heavy atom. The number of benzene rings is 1. The lowest BCUT2D eigenvalue weighted by Gasteiger charge is -1.96. The average Bonchev–Trinajstić information content (AvgIpc) is 2.47. The van der Waals surface area contributed by atoms with E-state index in [1.807, 2.05) is 0 Å². The Morgan fingerprint density at radius 3 is 2.92 bits per heavy atom. The van der Waals surface area contributed by atoms with Crippen molar-refractivity contribution in [3.63, 3.8) is 0 Å². The maximum atomic E-state index is 12.8. The van der Waals surface area contributed by atoms with E-state index in [0.717, 1.165) is 11.3 Å². The number of halogens is 1. The molecule has 0 saturated heterocycles. The summed E-state index contributed by atoms with van der Waals surface area (Å²) in [5, 5.41) is 9.72. The fraction of sp³-hybridized carbons (Fsp3) is 0. The van der Waals surface area contributed by atoms with Crippen LogP contribution in [-0.2, 0) is 0 Å². The SMILES string of the molecule is O=Cc1ccc2cc(F)sc2c1O. The maximum Gasteiger partial charge on any atom is 0.177 e. The predicted molar refractivity (Wildman–Crippen MR) is 48.8 cm³/mol. The Labute approximate surface area is 77.2 Å². The van der Waals surface area contributed by atoms with Crippen molar-refractivity contribution in [3.05, 3.63) is 28.9 Å². The lowest BCUT2D eigenvalue weighted by atomic mass is 10.2. The van der Waals surface area contributed by atoms with Gasteiger partial charge in [-0.15, -0.1) is 11.3 Å². The molecule has 2 rings (SSSR count). The molecule has 0 aliphatic heterocycles. The third kappa shape index (κ3) is 1.19. The molecule has 0 radical (unpaired) electrons. The standard InChI is InChI=1S/C9H5FO2S/c10-7-3-5-1-2-6(4-11)8(12)9(5)13-7/h1-4,12H. The van der Waals surface area contributed by atoms with Gasteiger partial charge >= 0.3 is 0 Å². The molecule has 0 aliphatic carbocycles. The first-order valence-electron chi connectivity index (χ1n) is 3.58. The molecule has 1 heterocycles. The predicted octanol–water partition coefficient (Wildman–Crippen LogP) is 2.56. The van der Waals surface area contributed by atoms with Crippen molar-refractivity contribution in [2.45, 2.75) is 0 Å². The molecular weight excluding hydrogens is 191 g/mol. The van der Waals surface area contributed by atoms with E-state index in [2.05, 4.69) is 0 Å². The molecule has 0 spiro atoms. The monoisotopic (exact) mass is 196 g/mol. The molecule has 0 unspecified atom stereocenters. The third-order valence-electron chi connectivity index (χ3n) is 1.79. The van der Waals surface area contributed by atoms with Gasteiger partial charge in [0.2, 0.25) is 0 Å². The molecule has 2 aromatic rings. The Balaban J connectivity index is 2.85. The number of aldehydes is 1. The van der Waals surface area contributed by atoms with Crippen molar-refractivity contribution in [1.82, 2.24) is 0 Å². The van der Waals surface area contributed by atoms with E-state index in [1.54, 1.807) is 6.07 Å². The Kier molecular flexibility index (Phi) is 1.77. The average molecular weight is 196 g/mol. The molecule has 0 atom stereocenters. The van der Waals surface area contributed by atoms with Gasteiger partial charge in [-0.05, 0) is 17.5 Å². The van der Waals surface area contributed by atoms with Gasteiger partial charge in [-0.2, -0.15) is 4.39 Å². The van der Waals surface area contributed by atoms with Gasteiger partial charge in [0.25, 0.3) is 0 Å². The minimum atomic E-state index is -0.367. The highest BCUT2D eigenvalue weighted by atomic mass is 32.1. The Bertz CT molecular complexity index is 476. The van der Waals surface area contributed by atoms with Gasteiger partial charge in [-0.1, -0.05) is 6.07 Å². The highest BCUT2D eigenvalue weighted by Gasteiger charge is 2.08. The summed E-state index contributed by atoms with van der Waals surface area (Å²) in [7, 11) is 0. The van der Waals surface area contributed by atoms with Crippen molar-refractivity contribution < 1.29 is 14.3 Å². The number of carbonyl (C=O) groups is 1. The highest BCUT2D eigenvalue weighted by Crippen LogP contribution is 2.33. The molecule has 1 aromatic carbocycles. The van der Waals surface area contributed by atoms with E-state index in [-0.39, 0.29) is 16.4 Å². The largest absolute Gasteiger partial charge is 0.506 e. The van der Waals surface area contributed by atoms with Crippen LogP contribution >= 0.6 is 11.3 Å². The topological polar surface area (TPSA) is 37.3 Å². The molecule has 2 nitrogen and oxygen atoms in total. The van der Waals surface area contributed by atoms with Gasteiger partial charge in [0, 0.05) is 0 Å². The number of thiophene rings is 1. The Morgan fingerprint density at radius 1 is 1.46 bits per heavy atom. The first-order chi connectivity index (χ1) is 6.22. The second-order valence-corrected chi connectivity index (χ2v) is 3.59. The molecule has 0 fully saturated rings. The van der Waals surface area contributed by atoms with Crippen LogP contribution in [0.3, 0.4) is 0 Å². The number of aromatic hydroxyl groups is 1. The number of fused-ring (bicyclic) bond motifs is 1. The van der Waals surface area contributed by atoms with E-state index >= 15 is 0 Å². The number of phenolic OH excluding ortho intramolecular Hbond substituents is 1. The van der Waals surface area contributed by atoms with Crippen molar-refractivity contribution >= 4 is 27.7 Å². The number of hydrogen-bond donors (Lipinski definition) is 1. The molecule has 13 heavy (non-hydrogen) atoms. The van der Waals surface area contributed by atoms with Crippen molar-refractivity contribution in [3.8, 4) is 5.75 Å². The molecule has 0 amide bonds. The Hall–Kier alpha value is -1.42. The molecule has 66 valence electrons. The maximum absolute atomic E-state index is 12.8. The summed E-state index contributed by atoms with van der Waals surface area (Å²) in [5.74, 6) is -0.138. The van der Waals surface area contributed by atoms with Crippen LogP contribution in [-0.4, -0.2) is 11.4 Å². The van der Waals surface area contributed by atoms with Gasteiger partial charge in [0.1, 0.15) is 5.75 Å². The van der Waals surface area contributed by atoms with Crippen LogP contribution < -0.4 is 0 Å². The molecule has 0 bridgehead atoms. The van der Waals surface area contributed by atoms with Gasteiger partial charge in [-0.25, -0.2) is 0 Å². The second-order valence-electron chi connectivity index (χ2n) is 2.59. The van der Waals surface area contributed by atoms with Gasteiger partial charge in [-0.3, -0.25) is 4.79 Å². The summed E-state index contributed by atoms with van der Waals surface area (Å²) in [6.07, 6.45) is 0.548. The first kappa shape index (κ1) is 8.19. The van der Waals surface area contributed by atoms with Crippen LogP contribution in [0.25, 0.3) is 10.1 Å². The number of rotatable bonds is 1. The zero-order valence-electron chi connectivity index (χ0n) is 6.45. The van der Waals surface area contributed by atoms with Crippen molar-refractivity contribution in [2.24, 2.45) is 0 Å². The summed E-state index contributed by atoms with van der Waals surface area (Å²) in [5.41, 5.74) is 0.189. The van der Waals surface area contributed by atoms with E-state index < -0.39 is 0 Å². The first-order valence-corrected chi connectivity index (χ1v) is 4.40. The minimum Gasteiger partial charge on any atom is -0.506 e. The number of phenols is 1. The zero-order chi connectivity index (χ0) is 9.42. The van der Waals surface area contributed by atoms with Gasteiger partial charge in [0.15, 0.2) is 11.4 Å². The van der Waals surface area contributed by atoms with Crippen LogP contribution in [0.15, 0.2) is 18.2 Å². The van der Waals surface area contributed by atoms with E-state index in [9.17, 15) is 14.3 Å². The molecule has 0 saturated carbocycles. The van der Waals surface area contributed by atoms with Crippen molar-refractivity contribution in [2.75, 3.05) is 0 Å². The zero-order valence-corrected chi connectivity index (χ0v) is 7.27. The molecule has 1 N–H and O–H groups in total. The third-order valence-corrected chi connectivity index (χ3v) is 2.73. The highest BCUT2D eigenvalue weighted by molar-refractivity contribution is 7.17. The quantitative estimate of drug-likeness (QED) is 0.711. The fourth-order valence-corrected chi connectivity index (χ4v) is 2.01. The van der Waals surface area contributed by atoms with E-state index in [0.29, 0.717) is 16.4 Å². The lowest BCUT2D eigenvalue weighted by molar-refractivity contribution is 0.112. The smallest absolute Gasteiger partial charge is 0.177 e. The summed E-state index contributed by atoms with van der Waals surface area (Å²) in [6.45, 7) is 0. The summed E-state index contributed by atoms with van der Waals surface area (Å²) >= 11 is 0.833. The summed E-state index contributed by atoms with van der Waals surface area (Å²) < 4.78 is 13.2. The molecule has 0 aliphatic rings. The number of hydrogen-bond acceptors (Lipinski definition) is 3. The van der Waals surface area contributed by atoms with E-state index in [1.165, 1.54) is 12.1 Å². The van der Waals surface area contributed by atoms with Gasteiger partial charge in [0.05, 0.1) is 10.3 Å². The normalized spacial score (nSPS) is 10.5. The van der Waals surface area contributed by atoms with Crippen LogP contribution in [0.1, 0.15) is 10.4 Å². The van der Waals surface area contributed by atoms with Gasteiger partial charge < -0.3 is 5.11 Å². The fourth-order valence-electron chi connectivity index (χ4n) is 1.17.